The summed E-state index contributed by atoms with van der Waals surface area (Å²) >= 11 is 0. The van der Waals surface area contributed by atoms with Crippen LogP contribution in [0.4, 0.5) is 5.69 Å². The van der Waals surface area contributed by atoms with Crippen molar-refractivity contribution in [3.63, 3.8) is 0 Å². The number of sulfonamides is 1. The molecule has 0 heterocycles. The Morgan fingerprint density at radius 2 is 1.34 bits per heavy atom. The fraction of sp³-hybridized carbons (Fsp3) is 0.286. The van der Waals surface area contributed by atoms with E-state index in [0.29, 0.717) is 30.0 Å². The first kappa shape index (κ1) is 35.2. The number of nitrogens with zero attached hydrogens (tertiary/aromatic N) is 1. The second-order valence-corrected chi connectivity index (χ2v) is 14.9. The maximum atomic E-state index is 12.1. The number of benzene rings is 5. The summed E-state index contributed by atoms with van der Waals surface area (Å²) in [5.41, 5.74) is 6.33. The highest BCUT2D eigenvalue weighted by Crippen LogP contribution is 2.36. The fourth-order valence-electron chi connectivity index (χ4n) is 6.77. The molecule has 0 amide bonds. The molecule has 1 atom stereocenters. The molecule has 0 saturated heterocycles. The first-order chi connectivity index (χ1) is 24.3. The van der Waals surface area contributed by atoms with Gasteiger partial charge in [0.25, 0.3) is 0 Å². The molecule has 8 heteroatoms. The van der Waals surface area contributed by atoms with Crippen LogP contribution in [0.25, 0.3) is 11.1 Å². The topological polar surface area (TPSA) is 88.1 Å². The second-order valence-electron chi connectivity index (χ2n) is 13.2. The minimum absolute atomic E-state index is 0.0664. The highest BCUT2D eigenvalue weighted by atomic mass is 32.2. The number of anilines is 1. The molecule has 7 nitrogen and oxygen atoms in total. The molecule has 1 fully saturated rings. The van der Waals surface area contributed by atoms with Crippen molar-refractivity contribution >= 4 is 15.7 Å². The summed E-state index contributed by atoms with van der Waals surface area (Å²) in [6.45, 7) is 1.56. The van der Waals surface area contributed by atoms with E-state index in [2.05, 4.69) is 82.4 Å². The van der Waals surface area contributed by atoms with Crippen molar-refractivity contribution in [3.05, 3.63) is 150 Å². The van der Waals surface area contributed by atoms with Crippen LogP contribution in [0.5, 0.6) is 11.5 Å². The maximum Gasteiger partial charge on any atom is 0.229 e. The molecule has 0 aliphatic heterocycles. The lowest BCUT2D eigenvalue weighted by Gasteiger charge is -2.38. The first-order valence-electron chi connectivity index (χ1n) is 17.3. The Labute approximate surface area is 296 Å². The lowest BCUT2D eigenvalue weighted by atomic mass is 9.80. The third-order valence-electron chi connectivity index (χ3n) is 9.30. The van der Waals surface area contributed by atoms with Crippen molar-refractivity contribution < 1.29 is 23.0 Å². The molecule has 6 rings (SSSR count). The molecule has 0 bridgehead atoms. The van der Waals surface area contributed by atoms with Crippen molar-refractivity contribution in [3.8, 4) is 22.6 Å². The summed E-state index contributed by atoms with van der Waals surface area (Å²) in [5, 5.41) is 11.3. The van der Waals surface area contributed by atoms with Gasteiger partial charge in [-0.2, -0.15) is 0 Å². The summed E-state index contributed by atoms with van der Waals surface area (Å²) in [6.07, 6.45) is 4.65. The third kappa shape index (κ3) is 10.2. The van der Waals surface area contributed by atoms with Gasteiger partial charge in [0, 0.05) is 25.2 Å². The van der Waals surface area contributed by atoms with E-state index in [0.717, 1.165) is 44.0 Å². The molecule has 1 aliphatic rings. The lowest BCUT2D eigenvalue weighted by molar-refractivity contribution is 0.0384. The molecule has 1 aliphatic carbocycles. The van der Waals surface area contributed by atoms with Crippen LogP contribution in [0.1, 0.15) is 48.3 Å². The first-order valence-corrected chi connectivity index (χ1v) is 19.2. The molecule has 260 valence electrons. The Bertz CT molecular complexity index is 1880. The zero-order valence-electron chi connectivity index (χ0n) is 28.5. The number of aliphatic hydroxyl groups excluding tert-OH is 1. The van der Waals surface area contributed by atoms with Gasteiger partial charge in [0.2, 0.25) is 10.0 Å². The number of ether oxygens (including phenoxy) is 2. The maximum absolute atomic E-state index is 12.1. The van der Waals surface area contributed by atoms with Gasteiger partial charge in [-0.3, -0.25) is 9.62 Å². The molecule has 50 heavy (non-hydrogen) atoms. The van der Waals surface area contributed by atoms with Crippen LogP contribution >= 0.6 is 0 Å². The molecule has 0 aromatic heterocycles. The van der Waals surface area contributed by atoms with Gasteiger partial charge in [-0.1, -0.05) is 115 Å². The van der Waals surface area contributed by atoms with Gasteiger partial charge in [0.15, 0.2) is 0 Å². The van der Waals surface area contributed by atoms with E-state index in [4.69, 9.17) is 9.47 Å². The van der Waals surface area contributed by atoms with Gasteiger partial charge in [-0.15, -0.1) is 0 Å². The number of rotatable bonds is 15. The highest BCUT2D eigenvalue weighted by molar-refractivity contribution is 7.92. The average Bonchev–Trinajstić information content (AvgIpc) is 3.14. The van der Waals surface area contributed by atoms with Crippen LogP contribution in [-0.4, -0.2) is 50.0 Å². The number of nitrogens with one attached hydrogen (secondary N) is 1. The molecule has 1 saturated carbocycles. The molecule has 2 N–H and O–H groups in total. The Balaban J connectivity index is 1.08. The van der Waals surface area contributed by atoms with Gasteiger partial charge in [-0.25, -0.2) is 8.42 Å². The zero-order valence-corrected chi connectivity index (χ0v) is 29.3. The lowest BCUT2D eigenvalue weighted by Crippen LogP contribution is -2.43. The van der Waals surface area contributed by atoms with Crippen LogP contribution in [0.3, 0.4) is 0 Å². The normalized spacial score (nSPS) is 16.9. The van der Waals surface area contributed by atoms with E-state index >= 15 is 0 Å². The quantitative estimate of drug-likeness (QED) is 0.115. The fourth-order valence-corrected chi connectivity index (χ4v) is 7.33. The van der Waals surface area contributed by atoms with Crippen molar-refractivity contribution in [1.29, 1.82) is 0 Å². The van der Waals surface area contributed by atoms with Crippen molar-refractivity contribution in [2.45, 2.75) is 56.9 Å². The summed E-state index contributed by atoms with van der Waals surface area (Å²) in [7, 11) is -3.57. The SMILES string of the molecule is CS(=O)(=O)Nc1cc(OC[C@H](O)CN(Cc2ccccc2)C2CCC(c3ccc(-c4ccccc4)cc3)CC2)ccc1OCc1ccccc1. The number of hydrogen-bond acceptors (Lipinski definition) is 6. The minimum Gasteiger partial charge on any atom is -0.491 e. The van der Waals surface area contributed by atoms with E-state index in [9.17, 15) is 13.5 Å². The Morgan fingerprint density at radius 1 is 0.740 bits per heavy atom. The molecule has 5 aromatic carbocycles. The molecular weight excluding hydrogens is 645 g/mol. The van der Waals surface area contributed by atoms with Gasteiger partial charge < -0.3 is 14.6 Å². The molecule has 0 spiro atoms. The van der Waals surface area contributed by atoms with Crippen LogP contribution in [-0.2, 0) is 23.2 Å². The molecular formula is C42H46N2O5S. The molecule has 5 aromatic rings. The van der Waals surface area contributed by atoms with Crippen LogP contribution < -0.4 is 14.2 Å². The van der Waals surface area contributed by atoms with Crippen LogP contribution in [0, 0.1) is 0 Å². The van der Waals surface area contributed by atoms with Gasteiger partial charge in [0.05, 0.1) is 11.9 Å². The van der Waals surface area contributed by atoms with Gasteiger partial charge >= 0.3 is 0 Å². The summed E-state index contributed by atoms with van der Waals surface area (Å²) in [6, 6.07) is 45.0. The average molecular weight is 691 g/mol. The van der Waals surface area contributed by atoms with E-state index in [-0.39, 0.29) is 18.9 Å². The van der Waals surface area contributed by atoms with Gasteiger partial charge in [0.1, 0.15) is 30.8 Å². The Morgan fingerprint density at radius 3 is 1.98 bits per heavy atom. The number of hydrogen-bond donors (Lipinski definition) is 2. The van der Waals surface area contributed by atoms with Crippen molar-refractivity contribution in [1.82, 2.24) is 4.90 Å². The smallest absolute Gasteiger partial charge is 0.229 e. The summed E-state index contributed by atoms with van der Waals surface area (Å²) < 4.78 is 38.8. The van der Waals surface area contributed by atoms with E-state index < -0.39 is 16.1 Å². The standard InChI is InChI=1S/C42H46N2O5S/c1-50(46,47)43-41-27-40(25-26-42(41)49-30-33-13-7-3-8-14-33)48-31-39(45)29-44(28-32-11-5-2-6-12-32)38-23-21-37(22-24-38)36-19-17-35(18-20-36)34-15-9-4-10-16-34/h2-20,25-27,37-39,43,45H,21-24,28-31H2,1H3/t37?,38?,39-/m1/s1. The summed E-state index contributed by atoms with van der Waals surface area (Å²) in [5.74, 6) is 1.36. The van der Waals surface area contributed by atoms with E-state index in [1.165, 1.54) is 22.3 Å². The third-order valence-corrected chi connectivity index (χ3v) is 9.89. The molecule has 0 unspecified atom stereocenters. The monoisotopic (exact) mass is 690 g/mol. The predicted octanol–water partition coefficient (Wildman–Crippen LogP) is 8.27. The number of aliphatic hydroxyl groups is 1. The second kappa shape index (κ2) is 16.9. The predicted molar refractivity (Wildman–Crippen MR) is 201 cm³/mol. The van der Waals surface area contributed by atoms with Crippen molar-refractivity contribution in [2.75, 3.05) is 24.1 Å². The van der Waals surface area contributed by atoms with Gasteiger partial charge in [-0.05, 0) is 71.6 Å². The van der Waals surface area contributed by atoms with E-state index in [1.807, 2.05) is 42.5 Å². The highest BCUT2D eigenvalue weighted by Gasteiger charge is 2.28. The summed E-state index contributed by atoms with van der Waals surface area (Å²) in [4.78, 5) is 2.40. The van der Waals surface area contributed by atoms with Crippen molar-refractivity contribution in [2.24, 2.45) is 0 Å². The molecule has 0 radical (unpaired) electrons. The minimum atomic E-state index is -3.57. The zero-order chi connectivity index (χ0) is 34.8. The largest absolute Gasteiger partial charge is 0.491 e. The Kier molecular flexibility index (Phi) is 11.9. The van der Waals surface area contributed by atoms with E-state index in [1.54, 1.807) is 18.2 Å². The van der Waals surface area contributed by atoms with Crippen LogP contribution in [0.15, 0.2) is 133 Å². The Hall–Kier alpha value is -4.63. The van der Waals surface area contributed by atoms with Crippen LogP contribution in [0.2, 0.25) is 0 Å².